The van der Waals surface area contributed by atoms with Crippen LogP contribution in [-0.4, -0.2) is 45.3 Å². The van der Waals surface area contributed by atoms with Crippen LogP contribution < -0.4 is 0 Å². The molecule has 34 heavy (non-hydrogen) atoms. The summed E-state index contributed by atoms with van der Waals surface area (Å²) in [6, 6.07) is 0. The van der Waals surface area contributed by atoms with Crippen molar-refractivity contribution in [3.8, 4) is 0 Å². The van der Waals surface area contributed by atoms with Crippen molar-refractivity contribution in [1.29, 1.82) is 0 Å². The number of fused-ring (bicyclic) bond motifs is 7. The van der Waals surface area contributed by atoms with Gasteiger partial charge in [0, 0.05) is 28.3 Å². The Labute approximate surface area is 207 Å². The molecule has 4 fully saturated rings. The summed E-state index contributed by atoms with van der Waals surface area (Å²) in [6.07, 6.45) is 6.86. The minimum atomic E-state index is -0.612. The van der Waals surface area contributed by atoms with E-state index in [0.717, 1.165) is 32.1 Å². The second-order valence-electron chi connectivity index (χ2n) is 14.7. The maximum absolute atomic E-state index is 12.0. The zero-order chi connectivity index (χ0) is 25.1. The summed E-state index contributed by atoms with van der Waals surface area (Å²) in [5, 5.41) is 46.2. The maximum Gasteiger partial charge on any atom is 0.0643 e. The van der Waals surface area contributed by atoms with Gasteiger partial charge in [0.05, 0.1) is 18.3 Å². The third-order valence-corrected chi connectivity index (χ3v) is 13.5. The summed E-state index contributed by atoms with van der Waals surface area (Å²) in [4.78, 5) is 0. The Bertz CT molecular complexity index is 866. The van der Waals surface area contributed by atoms with E-state index >= 15 is 0 Å². The second-order valence-corrected chi connectivity index (χ2v) is 14.7. The van der Waals surface area contributed by atoms with E-state index in [0.29, 0.717) is 24.7 Å². The number of allylic oxidation sites excluding steroid dienone is 1. The first-order valence-electron chi connectivity index (χ1n) is 14.1. The van der Waals surface area contributed by atoms with Gasteiger partial charge >= 0.3 is 0 Å². The lowest BCUT2D eigenvalue weighted by atomic mass is 9.32. The molecule has 0 amide bonds. The van der Waals surface area contributed by atoms with Crippen LogP contribution in [0.5, 0.6) is 0 Å². The van der Waals surface area contributed by atoms with Gasteiger partial charge < -0.3 is 20.4 Å². The molecule has 5 aliphatic rings. The van der Waals surface area contributed by atoms with Crippen molar-refractivity contribution in [1.82, 2.24) is 0 Å². The Hall–Kier alpha value is -0.420. The fourth-order valence-electron chi connectivity index (χ4n) is 10.9. The Morgan fingerprint density at radius 2 is 1.56 bits per heavy atom. The van der Waals surface area contributed by atoms with Crippen LogP contribution in [0.15, 0.2) is 11.6 Å². The molecule has 4 N–H and O–H groups in total. The van der Waals surface area contributed by atoms with Gasteiger partial charge in [-0.1, -0.05) is 60.1 Å². The van der Waals surface area contributed by atoms with Crippen LogP contribution in [0.25, 0.3) is 0 Å². The normalized spacial score (nSPS) is 58.6. The smallest absolute Gasteiger partial charge is 0.0643 e. The van der Waals surface area contributed by atoms with Crippen molar-refractivity contribution in [2.24, 2.45) is 56.7 Å². The van der Waals surface area contributed by atoms with Crippen LogP contribution in [0, 0.1) is 56.7 Å². The highest BCUT2D eigenvalue weighted by molar-refractivity contribution is 5.37. The third kappa shape index (κ3) is 2.75. The molecule has 4 saturated carbocycles. The number of aliphatic hydroxyl groups excluding tert-OH is 4. The van der Waals surface area contributed by atoms with E-state index in [1.54, 1.807) is 0 Å². The fraction of sp³-hybridized carbons (Fsp3) is 0.933. The molecule has 0 bridgehead atoms. The molecule has 0 aliphatic heterocycles. The minimum absolute atomic E-state index is 0.0751. The van der Waals surface area contributed by atoms with Crippen LogP contribution in [0.4, 0.5) is 0 Å². The first kappa shape index (κ1) is 25.2. The van der Waals surface area contributed by atoms with Crippen LogP contribution in [0.1, 0.15) is 93.4 Å². The molecule has 0 aromatic carbocycles. The predicted octanol–water partition coefficient (Wildman–Crippen LogP) is 4.94. The molecule has 5 rings (SSSR count). The Morgan fingerprint density at radius 1 is 0.882 bits per heavy atom. The molecule has 194 valence electrons. The van der Waals surface area contributed by atoms with Crippen molar-refractivity contribution >= 4 is 0 Å². The van der Waals surface area contributed by atoms with E-state index in [9.17, 15) is 20.4 Å². The zero-order valence-corrected chi connectivity index (χ0v) is 22.6. The van der Waals surface area contributed by atoms with Crippen LogP contribution in [0.3, 0.4) is 0 Å². The number of hydrogen-bond acceptors (Lipinski definition) is 4. The zero-order valence-electron chi connectivity index (χ0n) is 22.6. The molecule has 4 nitrogen and oxygen atoms in total. The van der Waals surface area contributed by atoms with Gasteiger partial charge in [0.1, 0.15) is 0 Å². The van der Waals surface area contributed by atoms with Crippen molar-refractivity contribution in [3.05, 3.63) is 11.6 Å². The van der Waals surface area contributed by atoms with Gasteiger partial charge in [0.25, 0.3) is 0 Å². The predicted molar refractivity (Wildman–Crippen MR) is 135 cm³/mol. The van der Waals surface area contributed by atoms with Gasteiger partial charge in [0.2, 0.25) is 0 Å². The molecule has 4 heteroatoms. The molecule has 5 aliphatic carbocycles. The van der Waals surface area contributed by atoms with Crippen LogP contribution in [0.2, 0.25) is 0 Å². The van der Waals surface area contributed by atoms with Gasteiger partial charge in [-0.05, 0) is 80.0 Å². The standard InChI is InChI=1S/C30H50O4/c1-17-10-13-30(16-31)15-24(34)28(6)19(25(30)18(17)2)8-9-20-27(5)21(14-23(33)29(20,28)7)26(3,4)12-11-22(27)32/h8,17-18,20-25,31-34H,9-16H2,1-7H3/t17-,18+,20?,21?,22-,23+,24+,25+,27-,28+,29+,30-/m1/s1. The maximum atomic E-state index is 12.0. The fourth-order valence-corrected chi connectivity index (χ4v) is 10.9. The quantitative estimate of drug-likeness (QED) is 0.406. The molecule has 0 aromatic heterocycles. The summed E-state index contributed by atoms with van der Waals surface area (Å²) >= 11 is 0. The molecular weight excluding hydrogens is 424 g/mol. The highest BCUT2D eigenvalue weighted by Gasteiger charge is 2.73. The SMILES string of the molecule is C[C@H]1[C@H](C)CC[C@]2(CO)C[C@H](O)[C@]3(C)C(=CCC4[C@]5(C)C(C[C@H](O)[C@]43C)C(C)(C)CC[C@H]5O)[C@H]12. The van der Waals surface area contributed by atoms with E-state index in [1.165, 1.54) is 5.57 Å². The summed E-state index contributed by atoms with van der Waals surface area (Å²) in [5.41, 5.74) is -0.289. The van der Waals surface area contributed by atoms with E-state index in [1.807, 2.05) is 0 Å². The van der Waals surface area contributed by atoms with Gasteiger partial charge in [0.15, 0.2) is 0 Å². The molecule has 0 radical (unpaired) electrons. The number of aliphatic hydroxyl groups is 4. The van der Waals surface area contributed by atoms with E-state index in [-0.39, 0.29) is 46.7 Å². The second kappa shape index (κ2) is 7.55. The molecular formula is C30H50O4. The van der Waals surface area contributed by atoms with Gasteiger partial charge in [-0.15, -0.1) is 0 Å². The highest BCUT2D eigenvalue weighted by atomic mass is 16.3. The van der Waals surface area contributed by atoms with Crippen molar-refractivity contribution < 1.29 is 20.4 Å². The van der Waals surface area contributed by atoms with Gasteiger partial charge in [-0.2, -0.15) is 0 Å². The van der Waals surface area contributed by atoms with Gasteiger partial charge in [-0.3, -0.25) is 0 Å². The summed E-state index contributed by atoms with van der Waals surface area (Å²) in [6.45, 7) is 16.2. The Balaban J connectivity index is 1.69. The van der Waals surface area contributed by atoms with Crippen molar-refractivity contribution in [2.45, 2.75) is 112 Å². The van der Waals surface area contributed by atoms with E-state index < -0.39 is 23.0 Å². The molecule has 2 unspecified atom stereocenters. The lowest BCUT2D eigenvalue weighted by molar-refractivity contribution is -0.274. The molecule has 12 atom stereocenters. The molecule has 0 spiro atoms. The van der Waals surface area contributed by atoms with E-state index in [2.05, 4.69) is 54.5 Å². The number of hydrogen-bond donors (Lipinski definition) is 4. The van der Waals surface area contributed by atoms with Crippen LogP contribution >= 0.6 is 0 Å². The third-order valence-electron chi connectivity index (χ3n) is 13.5. The van der Waals surface area contributed by atoms with Gasteiger partial charge in [-0.25, -0.2) is 0 Å². The summed E-state index contributed by atoms with van der Waals surface area (Å²) in [5.74, 6) is 1.60. The van der Waals surface area contributed by atoms with Crippen molar-refractivity contribution in [3.63, 3.8) is 0 Å². The number of rotatable bonds is 1. The van der Waals surface area contributed by atoms with Crippen LogP contribution in [-0.2, 0) is 0 Å². The summed E-state index contributed by atoms with van der Waals surface area (Å²) < 4.78 is 0. The average molecular weight is 475 g/mol. The first-order valence-corrected chi connectivity index (χ1v) is 14.1. The lowest BCUT2D eigenvalue weighted by Gasteiger charge is -2.73. The molecule has 0 saturated heterocycles. The summed E-state index contributed by atoms with van der Waals surface area (Å²) in [7, 11) is 0. The monoisotopic (exact) mass is 474 g/mol. The lowest BCUT2D eigenvalue weighted by Crippen LogP contribution is -2.73. The topological polar surface area (TPSA) is 80.9 Å². The molecule has 0 aromatic rings. The van der Waals surface area contributed by atoms with E-state index in [4.69, 9.17) is 0 Å². The minimum Gasteiger partial charge on any atom is -0.396 e. The largest absolute Gasteiger partial charge is 0.396 e. The highest BCUT2D eigenvalue weighted by Crippen LogP contribution is 2.75. The Morgan fingerprint density at radius 3 is 2.21 bits per heavy atom. The first-order chi connectivity index (χ1) is 15.7. The molecule has 0 heterocycles. The average Bonchev–Trinajstić information content (AvgIpc) is 2.78. The van der Waals surface area contributed by atoms with Crippen molar-refractivity contribution in [2.75, 3.05) is 6.61 Å². The Kier molecular flexibility index (Phi) is 5.61.